The van der Waals surface area contributed by atoms with Crippen LogP contribution in [0.2, 0.25) is 5.04 Å². The fraction of sp³-hybridized carbons (Fsp3) is 0.475. The fourth-order valence-corrected chi connectivity index (χ4v) is 11.3. The Labute approximate surface area is 279 Å². The summed E-state index contributed by atoms with van der Waals surface area (Å²) in [6.45, 7) is 19.1. The van der Waals surface area contributed by atoms with Crippen molar-refractivity contribution < 1.29 is 23.8 Å². The van der Waals surface area contributed by atoms with Crippen molar-refractivity contribution in [3.05, 3.63) is 108 Å². The number of carbonyl (C=O) groups excluding carboxylic acids is 1. The van der Waals surface area contributed by atoms with E-state index in [-0.39, 0.29) is 22.8 Å². The van der Waals surface area contributed by atoms with Crippen LogP contribution in [-0.2, 0) is 18.7 Å². The van der Waals surface area contributed by atoms with Crippen molar-refractivity contribution >= 4 is 24.7 Å². The van der Waals surface area contributed by atoms with Crippen molar-refractivity contribution in [2.24, 2.45) is 17.8 Å². The van der Waals surface area contributed by atoms with Gasteiger partial charge in [-0.2, -0.15) is 0 Å². The molecule has 0 saturated carbocycles. The molecule has 0 unspecified atom stereocenters. The van der Waals surface area contributed by atoms with Crippen molar-refractivity contribution in [3.63, 3.8) is 0 Å². The Morgan fingerprint density at radius 3 is 2.07 bits per heavy atom. The number of benzene rings is 2. The molecule has 1 aliphatic heterocycles. The quantitative estimate of drug-likeness (QED) is 0.249. The van der Waals surface area contributed by atoms with E-state index in [1.54, 1.807) is 14.0 Å². The van der Waals surface area contributed by atoms with E-state index in [9.17, 15) is 9.90 Å². The van der Waals surface area contributed by atoms with Crippen LogP contribution in [0.25, 0.3) is 0 Å². The van der Waals surface area contributed by atoms with E-state index in [1.165, 1.54) is 10.4 Å². The molecule has 0 fully saturated rings. The van der Waals surface area contributed by atoms with Crippen LogP contribution >= 0.6 is 0 Å². The largest absolute Gasteiger partial charge is 0.456 e. The summed E-state index contributed by atoms with van der Waals surface area (Å²) in [7, 11) is -1.15. The van der Waals surface area contributed by atoms with Crippen molar-refractivity contribution in [2.45, 2.75) is 92.1 Å². The summed E-state index contributed by atoms with van der Waals surface area (Å²) in [4.78, 5) is 13.6. The van der Waals surface area contributed by atoms with E-state index in [0.29, 0.717) is 12.2 Å². The van der Waals surface area contributed by atoms with Gasteiger partial charge in [-0.25, -0.2) is 4.79 Å². The maximum atomic E-state index is 13.6. The first kappa shape index (κ1) is 37.4. The molecule has 0 amide bonds. The highest BCUT2D eigenvalue weighted by Gasteiger charge is 2.50. The van der Waals surface area contributed by atoms with Crippen LogP contribution < -0.4 is 10.4 Å². The molecule has 3 rings (SSSR count). The fourth-order valence-electron chi connectivity index (χ4n) is 6.66. The highest BCUT2D eigenvalue weighted by molar-refractivity contribution is 6.99. The first-order valence-corrected chi connectivity index (χ1v) is 18.5. The van der Waals surface area contributed by atoms with E-state index in [2.05, 4.69) is 96.1 Å². The minimum absolute atomic E-state index is 0.0596. The number of rotatable bonds is 7. The number of aliphatic hydroxyl groups is 1. The maximum Gasteiger partial charge on any atom is 0.334 e. The average Bonchev–Trinajstić information content (AvgIpc) is 3.01. The molecule has 1 aliphatic rings. The maximum absolute atomic E-state index is 13.6. The van der Waals surface area contributed by atoms with Gasteiger partial charge in [0.25, 0.3) is 8.32 Å². The highest BCUT2D eigenvalue weighted by atomic mass is 28.4. The Hall–Kier alpha value is -3.03. The van der Waals surface area contributed by atoms with Crippen LogP contribution in [0, 0.1) is 17.8 Å². The molecule has 5 nitrogen and oxygen atoms in total. The number of carbonyl (C=O) groups is 1. The summed E-state index contributed by atoms with van der Waals surface area (Å²) < 4.78 is 19.5. The molecule has 6 atom stereocenters. The molecule has 0 bridgehead atoms. The van der Waals surface area contributed by atoms with Crippen LogP contribution in [0.5, 0.6) is 0 Å². The average molecular weight is 645 g/mol. The van der Waals surface area contributed by atoms with Gasteiger partial charge in [-0.3, -0.25) is 0 Å². The van der Waals surface area contributed by atoms with Crippen LogP contribution in [0.3, 0.4) is 0 Å². The molecule has 1 N–H and O–H groups in total. The molecule has 250 valence electrons. The van der Waals surface area contributed by atoms with Gasteiger partial charge >= 0.3 is 5.97 Å². The van der Waals surface area contributed by atoms with Gasteiger partial charge in [0.05, 0.1) is 6.10 Å². The number of cyclic esters (lactones) is 1. The smallest absolute Gasteiger partial charge is 0.334 e. The normalized spacial score (nSPS) is 28.9. The number of allylic oxidation sites excluding steroid dienone is 5. The second-order valence-corrected chi connectivity index (χ2v) is 18.5. The topological polar surface area (TPSA) is 65.0 Å². The van der Waals surface area contributed by atoms with Crippen LogP contribution in [0.15, 0.2) is 108 Å². The molecule has 1 heterocycles. The molecule has 2 aromatic carbocycles. The second kappa shape index (κ2) is 16.7. The molecule has 0 saturated heterocycles. The van der Waals surface area contributed by atoms with E-state index in [4.69, 9.17) is 13.9 Å². The Balaban J connectivity index is 2.05. The summed E-state index contributed by atoms with van der Waals surface area (Å²) in [5.41, 5.74) is 2.57. The number of methoxy groups -OCH3 is 1. The second-order valence-electron chi connectivity index (χ2n) is 14.2. The third-order valence-corrected chi connectivity index (χ3v) is 14.1. The zero-order valence-electron chi connectivity index (χ0n) is 29.6. The lowest BCUT2D eigenvalue weighted by molar-refractivity contribution is -0.154. The van der Waals surface area contributed by atoms with Crippen molar-refractivity contribution in [1.82, 2.24) is 0 Å². The Morgan fingerprint density at radius 1 is 0.978 bits per heavy atom. The van der Waals surface area contributed by atoms with Crippen LogP contribution in [0.1, 0.15) is 68.7 Å². The van der Waals surface area contributed by atoms with Gasteiger partial charge < -0.3 is 19.0 Å². The van der Waals surface area contributed by atoms with Gasteiger partial charge in [0.1, 0.15) is 12.2 Å². The Bertz CT molecular complexity index is 1350. The van der Waals surface area contributed by atoms with E-state index < -0.39 is 32.6 Å². The lowest BCUT2D eigenvalue weighted by Crippen LogP contribution is -2.67. The van der Waals surface area contributed by atoms with Crippen molar-refractivity contribution in [3.8, 4) is 0 Å². The summed E-state index contributed by atoms with van der Waals surface area (Å²) in [6, 6.07) is 21.1. The Morgan fingerprint density at radius 2 is 1.54 bits per heavy atom. The first-order chi connectivity index (χ1) is 21.7. The molecule has 46 heavy (non-hydrogen) atoms. The molecular weight excluding hydrogens is 589 g/mol. The monoisotopic (exact) mass is 644 g/mol. The summed E-state index contributed by atoms with van der Waals surface area (Å²) in [5, 5.41) is 13.2. The number of hydrogen-bond donors (Lipinski definition) is 1. The van der Waals surface area contributed by atoms with Gasteiger partial charge in [0, 0.05) is 31.1 Å². The lowest BCUT2D eigenvalue weighted by atomic mass is 9.87. The number of aliphatic hydroxyl groups excluding tert-OH is 1. The third-order valence-electron chi connectivity index (χ3n) is 9.12. The molecule has 0 radical (unpaired) electrons. The SMILES string of the molecule is CO[C@H]1/C=C/C=C(\C)C[C@H](C)[C@H](O)[C@H](C)/C=C(C)/C=C(\C)C(=O)O[C@@H]1[C@H](C)CO[Si](c1ccccc1)(c1ccccc1)C(C)(C)C. The minimum atomic E-state index is -2.80. The predicted molar refractivity (Wildman–Crippen MR) is 193 cm³/mol. The Kier molecular flexibility index (Phi) is 13.6. The van der Waals surface area contributed by atoms with Crippen LogP contribution in [-0.4, -0.2) is 51.4 Å². The molecule has 2 aromatic rings. The number of hydrogen-bond acceptors (Lipinski definition) is 5. The molecule has 0 spiro atoms. The van der Waals surface area contributed by atoms with Gasteiger partial charge in [-0.1, -0.05) is 138 Å². The van der Waals surface area contributed by atoms with Crippen LogP contribution in [0.4, 0.5) is 0 Å². The highest BCUT2D eigenvalue weighted by Crippen LogP contribution is 2.37. The molecule has 0 aliphatic carbocycles. The lowest BCUT2D eigenvalue weighted by Gasteiger charge is -2.44. The molecule has 0 aromatic heterocycles. The third kappa shape index (κ3) is 9.28. The van der Waals surface area contributed by atoms with Gasteiger partial charge in [0.2, 0.25) is 0 Å². The first-order valence-electron chi connectivity index (χ1n) is 16.6. The summed E-state index contributed by atoms with van der Waals surface area (Å²) >= 11 is 0. The van der Waals surface area contributed by atoms with Crippen molar-refractivity contribution in [1.29, 1.82) is 0 Å². The van der Waals surface area contributed by atoms with Crippen molar-refractivity contribution in [2.75, 3.05) is 13.7 Å². The van der Waals surface area contributed by atoms with Gasteiger partial charge in [-0.15, -0.1) is 0 Å². The van der Waals surface area contributed by atoms with Gasteiger partial charge in [0.15, 0.2) is 0 Å². The molecule has 6 heteroatoms. The van der Waals surface area contributed by atoms with Gasteiger partial charge in [-0.05, 0) is 54.6 Å². The predicted octanol–water partition coefficient (Wildman–Crippen LogP) is 7.56. The standard InChI is InChI=1S/C40H56O5Si/c1-28-18-17-23-36(43-10)38(45-39(42)32(5)26-29(2)25-31(4)37(41)30(3)24-28)33(6)27-44-46(40(7,8)9,34-19-13-11-14-20-34)35-21-15-12-16-22-35/h11-23,25-26,30-31,33,36-38,41H,24,27H2,1-10H3/b23-17+,28-18+,29-25+,32-26+/t30-,31+,33+,36-,37-,38+/m0/s1. The molecular formula is C40H56O5Si. The zero-order chi connectivity index (χ0) is 34.1. The summed E-state index contributed by atoms with van der Waals surface area (Å²) in [5.74, 6) is -0.568. The van der Waals surface area contributed by atoms with E-state index in [1.807, 2.05) is 50.3 Å². The number of esters is 1. The number of ether oxygens (including phenoxy) is 2. The minimum Gasteiger partial charge on any atom is -0.456 e. The van der Waals surface area contributed by atoms with E-state index >= 15 is 0 Å². The zero-order valence-corrected chi connectivity index (χ0v) is 30.6. The summed E-state index contributed by atoms with van der Waals surface area (Å²) in [6.07, 6.45) is 9.04. The van der Waals surface area contributed by atoms with E-state index in [0.717, 1.165) is 17.6 Å².